The Morgan fingerprint density at radius 2 is 1.27 bits per heavy atom. The van der Waals surface area contributed by atoms with E-state index in [0.29, 0.717) is 0 Å². The summed E-state index contributed by atoms with van der Waals surface area (Å²) < 4.78 is 0. The Kier molecular flexibility index (Phi) is 10.3. The average molecular weight is 342 g/mol. The molecule has 3 rings (SSSR count). The number of benzene rings is 2. The van der Waals surface area contributed by atoms with Crippen LogP contribution >= 0.6 is 0 Å². The zero-order valence-electron chi connectivity index (χ0n) is 12.3. The zero-order valence-corrected chi connectivity index (χ0v) is 18.5. The number of hydrogen-bond acceptors (Lipinski definition) is 4. The Bertz CT molecular complexity index is 699. The van der Waals surface area contributed by atoms with Crippen molar-refractivity contribution >= 4 is 11.9 Å². The fourth-order valence-electron chi connectivity index (χ4n) is 1.72. The van der Waals surface area contributed by atoms with E-state index in [1.54, 1.807) is 0 Å². The molecule has 0 N–H and O–H groups in total. The number of hydrogen-bond donors (Lipinski definition) is 0. The maximum atomic E-state index is 10.5. The van der Waals surface area contributed by atoms with Gasteiger partial charge in [-0.15, -0.1) is 6.42 Å². The summed E-state index contributed by atoms with van der Waals surface area (Å²) >= 11 is 0. The first-order valence-corrected chi connectivity index (χ1v) is 5.67. The largest absolute Gasteiger partial charge is 1.00 e. The van der Waals surface area contributed by atoms with Crippen molar-refractivity contribution in [1.29, 1.82) is 0 Å². The van der Waals surface area contributed by atoms with Crippen molar-refractivity contribution in [3.05, 3.63) is 59.2 Å². The van der Waals surface area contributed by atoms with Crippen LogP contribution in [-0.4, -0.2) is 11.9 Å². The van der Waals surface area contributed by atoms with Gasteiger partial charge >= 0.3 is 103 Å². The summed E-state index contributed by atoms with van der Waals surface area (Å²) in [5.74, 6) is -1.04. The van der Waals surface area contributed by atoms with Gasteiger partial charge in [0.25, 0.3) is 0 Å². The number of aromatic carboxylic acids is 2. The first-order valence-electron chi connectivity index (χ1n) is 5.67. The van der Waals surface area contributed by atoms with E-state index in [4.69, 9.17) is 6.42 Å². The molecule has 6 heteroatoms. The summed E-state index contributed by atoms with van der Waals surface area (Å²) in [5, 5.41) is 21.1. The van der Waals surface area contributed by atoms with Crippen LogP contribution in [0.2, 0.25) is 0 Å². The molecule has 1 aromatic carbocycles. The van der Waals surface area contributed by atoms with Crippen LogP contribution in [0.15, 0.2) is 42.5 Å². The van der Waals surface area contributed by atoms with Crippen molar-refractivity contribution in [3.8, 4) is 23.5 Å². The van der Waals surface area contributed by atoms with Crippen molar-refractivity contribution in [2.24, 2.45) is 0 Å². The third kappa shape index (κ3) is 5.69. The number of terminal acetylenes is 1. The molecule has 0 unspecified atom stereocenters. The molecule has 0 radical (unpaired) electrons. The summed E-state index contributed by atoms with van der Waals surface area (Å²) in [4.78, 5) is 21.1. The number of carbonyl (C=O) groups excluding carboxylic acids is 2. The third-order valence-corrected chi connectivity index (χ3v) is 2.76. The van der Waals surface area contributed by atoms with E-state index in [2.05, 4.69) is 24.3 Å². The molecule has 2 aliphatic carbocycles. The molecule has 0 saturated heterocycles. The van der Waals surface area contributed by atoms with Crippen LogP contribution in [0.4, 0.5) is 0 Å². The monoisotopic (exact) mass is 342 g/mol. The maximum Gasteiger partial charge on any atom is 1.00 e. The van der Waals surface area contributed by atoms with Crippen LogP contribution in [0, 0.1) is 12.3 Å². The molecule has 98 valence electrons. The van der Waals surface area contributed by atoms with Gasteiger partial charge in [0.15, 0.2) is 0 Å². The van der Waals surface area contributed by atoms with Gasteiger partial charge in [-0.3, -0.25) is 0 Å². The molecule has 0 aromatic heterocycles. The normalized spacial score (nSPS) is 8.86. The average Bonchev–Trinajstić information content (AvgIpc) is 3.04. The SMILES string of the molecule is C#Cc1c(C(=O)[O-])cccc1C(=O)[O-].[K+].[K+].c1cc2cc-2c1. The Labute approximate surface area is 213 Å². The minimum atomic E-state index is -1.51. The number of carboxylic acid groups (broad SMARTS) is 2. The van der Waals surface area contributed by atoms with E-state index < -0.39 is 11.9 Å². The topological polar surface area (TPSA) is 80.3 Å². The molecule has 0 heterocycles. The third-order valence-electron chi connectivity index (χ3n) is 2.76. The fourth-order valence-corrected chi connectivity index (χ4v) is 1.72. The minimum absolute atomic E-state index is 0. The van der Waals surface area contributed by atoms with Crippen molar-refractivity contribution in [2.75, 3.05) is 0 Å². The summed E-state index contributed by atoms with van der Waals surface area (Å²) in [6, 6.07) is 12.1. The molecule has 1 aromatic rings. The summed E-state index contributed by atoms with van der Waals surface area (Å²) in [7, 11) is 0. The second kappa shape index (κ2) is 10.2. The standard InChI is InChI=1S/C10H6O4.C6H4.2K/c1-2-6-7(9(11)12)4-3-5-8(6)10(13)14;1-2-5-4-6(5)3-1;;/h1,3-5H,(H,11,12)(H,13,14);1-4H;;/q;;2*+1/p-2. The number of carbonyl (C=O) groups is 2. The maximum absolute atomic E-state index is 10.5. The van der Waals surface area contributed by atoms with Crippen LogP contribution in [0.5, 0.6) is 0 Å². The Morgan fingerprint density at radius 1 is 0.864 bits per heavy atom. The molecule has 0 aliphatic heterocycles. The van der Waals surface area contributed by atoms with Crippen molar-refractivity contribution < 1.29 is 123 Å². The molecule has 0 fully saturated rings. The quantitative estimate of drug-likeness (QED) is 0.343. The summed E-state index contributed by atoms with van der Waals surface area (Å²) in [5.41, 5.74) is 1.97. The predicted octanol–water partition coefficient (Wildman–Crippen LogP) is -5.93. The van der Waals surface area contributed by atoms with Gasteiger partial charge in [-0.2, -0.15) is 0 Å². The van der Waals surface area contributed by atoms with Gasteiger partial charge in [-0.05, 0) is 17.2 Å². The molecule has 0 saturated carbocycles. The molecule has 0 bridgehead atoms. The minimum Gasteiger partial charge on any atom is -0.545 e. The van der Waals surface area contributed by atoms with E-state index in [0.717, 1.165) is 0 Å². The molecular formula is C16H8K2O4. The Hall–Kier alpha value is 0.213. The zero-order chi connectivity index (χ0) is 14.7. The second-order valence-corrected chi connectivity index (χ2v) is 4.03. The van der Waals surface area contributed by atoms with Gasteiger partial charge in [0, 0.05) is 16.7 Å². The molecule has 0 atom stereocenters. The summed E-state index contributed by atoms with van der Waals surface area (Å²) in [6.45, 7) is 0. The summed E-state index contributed by atoms with van der Waals surface area (Å²) in [6.07, 6.45) is 4.99. The van der Waals surface area contributed by atoms with E-state index in [1.807, 2.05) is 5.92 Å². The smallest absolute Gasteiger partial charge is 0.545 e. The van der Waals surface area contributed by atoms with E-state index in [9.17, 15) is 19.8 Å². The van der Waals surface area contributed by atoms with Crippen LogP contribution in [0.25, 0.3) is 11.1 Å². The predicted molar refractivity (Wildman–Crippen MR) is 68.5 cm³/mol. The first-order chi connectivity index (χ1) is 9.54. The second-order valence-electron chi connectivity index (χ2n) is 4.03. The van der Waals surface area contributed by atoms with Crippen molar-refractivity contribution in [1.82, 2.24) is 0 Å². The van der Waals surface area contributed by atoms with Crippen molar-refractivity contribution in [3.63, 3.8) is 0 Å². The van der Waals surface area contributed by atoms with E-state index >= 15 is 0 Å². The molecule has 4 nitrogen and oxygen atoms in total. The van der Waals surface area contributed by atoms with Gasteiger partial charge in [0.05, 0.1) is 11.9 Å². The van der Waals surface area contributed by atoms with Crippen LogP contribution in [-0.2, 0) is 0 Å². The number of carboxylic acids is 2. The van der Waals surface area contributed by atoms with Crippen LogP contribution in [0.3, 0.4) is 0 Å². The van der Waals surface area contributed by atoms with Gasteiger partial charge in [0.1, 0.15) is 0 Å². The van der Waals surface area contributed by atoms with Crippen LogP contribution in [0.1, 0.15) is 26.3 Å². The van der Waals surface area contributed by atoms with Gasteiger partial charge in [-0.25, -0.2) is 0 Å². The van der Waals surface area contributed by atoms with E-state index in [-0.39, 0.29) is 119 Å². The van der Waals surface area contributed by atoms with Gasteiger partial charge in [-0.1, -0.05) is 42.3 Å². The molecule has 2 aliphatic rings. The molecule has 22 heavy (non-hydrogen) atoms. The molecule has 0 amide bonds. The number of rotatable bonds is 2. The van der Waals surface area contributed by atoms with E-state index in [1.165, 1.54) is 29.3 Å². The molecule has 0 spiro atoms. The Balaban J connectivity index is 0.000000459. The van der Waals surface area contributed by atoms with Crippen molar-refractivity contribution in [2.45, 2.75) is 0 Å². The molecular weight excluding hydrogens is 334 g/mol. The van der Waals surface area contributed by atoms with Gasteiger partial charge < -0.3 is 19.8 Å². The fraction of sp³-hybridized carbons (Fsp3) is 0. The van der Waals surface area contributed by atoms with Gasteiger partial charge in [0.2, 0.25) is 0 Å². The Morgan fingerprint density at radius 3 is 1.50 bits per heavy atom. The first kappa shape index (κ1) is 22.2. The number of fused-ring (bicyclic) bond motifs is 1. The van der Waals surface area contributed by atoms with Crippen LogP contribution < -0.4 is 113 Å².